The quantitative estimate of drug-likeness (QED) is 0.192. The van der Waals surface area contributed by atoms with Crippen LogP contribution < -0.4 is 10.6 Å². The van der Waals surface area contributed by atoms with Gasteiger partial charge >= 0.3 is 0 Å². The standard InChI is InChI=1S/C25H28IN5O2S/c1-5-13-31-23(22(16(2)3)28-24(33)18-8-6-7-17(4)14-18)29-30-25(31)34-15-21(32)27-20-11-9-19(26)10-12-20/h5-12,14,16,22H,1,13,15H2,2-4H3,(H,27,32)(H,28,33)/t22-/m1/s1. The molecular weight excluding hydrogens is 561 g/mol. The smallest absolute Gasteiger partial charge is 0.251 e. The van der Waals surface area contributed by atoms with Crippen molar-refractivity contribution in [1.29, 1.82) is 0 Å². The monoisotopic (exact) mass is 589 g/mol. The molecular formula is C25H28IN5O2S. The predicted octanol–water partition coefficient (Wildman–Crippen LogP) is 5.24. The summed E-state index contributed by atoms with van der Waals surface area (Å²) in [5.74, 6) is 0.596. The van der Waals surface area contributed by atoms with Crippen molar-refractivity contribution >= 4 is 51.9 Å². The topological polar surface area (TPSA) is 88.9 Å². The Bertz CT molecular complexity index is 1160. The number of carbonyl (C=O) groups excluding carboxylic acids is 2. The van der Waals surface area contributed by atoms with Crippen LogP contribution in [0.3, 0.4) is 0 Å². The number of hydrogen-bond acceptors (Lipinski definition) is 5. The Balaban J connectivity index is 1.74. The molecule has 178 valence electrons. The number of halogens is 1. The van der Waals surface area contributed by atoms with E-state index in [1.807, 2.05) is 67.8 Å². The summed E-state index contributed by atoms with van der Waals surface area (Å²) in [6.07, 6.45) is 1.75. The molecule has 2 aromatic carbocycles. The van der Waals surface area contributed by atoms with E-state index in [9.17, 15) is 9.59 Å². The Morgan fingerprint density at radius 2 is 1.91 bits per heavy atom. The summed E-state index contributed by atoms with van der Waals surface area (Å²) in [4.78, 5) is 25.4. The van der Waals surface area contributed by atoms with Gasteiger partial charge in [-0.3, -0.25) is 9.59 Å². The Kier molecular flexibility index (Phi) is 9.28. The molecule has 0 aliphatic heterocycles. The summed E-state index contributed by atoms with van der Waals surface area (Å²) in [5, 5.41) is 15.3. The summed E-state index contributed by atoms with van der Waals surface area (Å²) in [6.45, 7) is 10.3. The molecule has 0 bridgehead atoms. The van der Waals surface area contributed by atoms with Crippen LogP contribution in [0.25, 0.3) is 0 Å². The number of aromatic nitrogens is 3. The van der Waals surface area contributed by atoms with Crippen molar-refractivity contribution in [3.8, 4) is 0 Å². The first-order valence-corrected chi connectivity index (χ1v) is 12.9. The molecule has 34 heavy (non-hydrogen) atoms. The van der Waals surface area contributed by atoms with Gasteiger partial charge in [0.1, 0.15) is 0 Å². The van der Waals surface area contributed by atoms with Gasteiger partial charge in [0.25, 0.3) is 5.91 Å². The van der Waals surface area contributed by atoms with Crippen LogP contribution in [-0.2, 0) is 11.3 Å². The Hall–Kier alpha value is -2.66. The van der Waals surface area contributed by atoms with Crippen LogP contribution in [0.15, 0.2) is 66.3 Å². The minimum absolute atomic E-state index is 0.0727. The van der Waals surface area contributed by atoms with Crippen LogP contribution in [0.5, 0.6) is 0 Å². The average Bonchev–Trinajstić information content (AvgIpc) is 3.19. The summed E-state index contributed by atoms with van der Waals surface area (Å²) < 4.78 is 3.00. The van der Waals surface area contributed by atoms with Crippen LogP contribution in [0.2, 0.25) is 0 Å². The number of rotatable bonds is 10. The molecule has 0 radical (unpaired) electrons. The molecule has 3 aromatic rings. The fourth-order valence-corrected chi connectivity index (χ4v) is 4.45. The molecule has 1 atom stereocenters. The number of thioether (sulfide) groups is 1. The molecule has 9 heteroatoms. The van der Waals surface area contributed by atoms with Gasteiger partial charge in [0.05, 0.1) is 11.8 Å². The number of amides is 2. The first-order valence-electron chi connectivity index (χ1n) is 10.9. The third-order valence-corrected chi connectivity index (χ3v) is 6.72. The molecule has 2 N–H and O–H groups in total. The van der Waals surface area contributed by atoms with Gasteiger partial charge in [0.2, 0.25) is 5.91 Å². The molecule has 3 rings (SSSR count). The third kappa shape index (κ3) is 6.92. The average molecular weight is 590 g/mol. The second-order valence-electron chi connectivity index (χ2n) is 8.15. The maximum Gasteiger partial charge on any atom is 0.251 e. The van der Waals surface area contributed by atoms with Crippen molar-refractivity contribution in [3.63, 3.8) is 0 Å². The molecule has 7 nitrogen and oxygen atoms in total. The summed E-state index contributed by atoms with van der Waals surface area (Å²) in [5.41, 5.74) is 2.37. The second kappa shape index (κ2) is 12.2. The highest BCUT2D eigenvalue weighted by Gasteiger charge is 2.26. The van der Waals surface area contributed by atoms with Crippen molar-refractivity contribution < 1.29 is 9.59 Å². The van der Waals surface area contributed by atoms with E-state index in [4.69, 9.17) is 0 Å². The van der Waals surface area contributed by atoms with E-state index in [2.05, 4.69) is 50.0 Å². The van der Waals surface area contributed by atoms with E-state index in [1.54, 1.807) is 12.1 Å². The zero-order chi connectivity index (χ0) is 24.7. The zero-order valence-electron chi connectivity index (χ0n) is 19.4. The number of hydrogen-bond donors (Lipinski definition) is 2. The van der Waals surface area contributed by atoms with E-state index in [-0.39, 0.29) is 29.5 Å². The number of carbonyl (C=O) groups is 2. The summed E-state index contributed by atoms with van der Waals surface area (Å²) in [7, 11) is 0. The lowest BCUT2D eigenvalue weighted by Crippen LogP contribution is -2.34. The highest BCUT2D eigenvalue weighted by molar-refractivity contribution is 14.1. The molecule has 0 spiro atoms. The molecule has 1 aromatic heterocycles. The molecule has 0 saturated heterocycles. The van der Waals surface area contributed by atoms with E-state index in [1.165, 1.54) is 11.8 Å². The van der Waals surface area contributed by atoms with Gasteiger partial charge in [0.15, 0.2) is 11.0 Å². The van der Waals surface area contributed by atoms with Crippen molar-refractivity contribution in [1.82, 2.24) is 20.1 Å². The molecule has 0 aliphatic carbocycles. The van der Waals surface area contributed by atoms with Crippen LogP contribution in [0.4, 0.5) is 5.69 Å². The van der Waals surface area contributed by atoms with Crippen LogP contribution in [0, 0.1) is 16.4 Å². The largest absolute Gasteiger partial charge is 0.342 e. The zero-order valence-corrected chi connectivity index (χ0v) is 22.4. The number of aryl methyl sites for hydroxylation is 1. The molecule has 2 amide bonds. The molecule has 0 unspecified atom stereocenters. The van der Waals surface area contributed by atoms with Crippen molar-refractivity contribution in [2.24, 2.45) is 5.92 Å². The van der Waals surface area contributed by atoms with E-state index in [0.29, 0.717) is 23.1 Å². The Morgan fingerprint density at radius 1 is 1.18 bits per heavy atom. The van der Waals surface area contributed by atoms with Gasteiger partial charge in [-0.25, -0.2) is 0 Å². The maximum absolute atomic E-state index is 12.9. The minimum atomic E-state index is -0.351. The number of nitrogens with zero attached hydrogens (tertiary/aromatic N) is 3. The highest BCUT2D eigenvalue weighted by atomic mass is 127. The lowest BCUT2D eigenvalue weighted by molar-refractivity contribution is -0.113. The van der Waals surface area contributed by atoms with Gasteiger partial charge in [-0.15, -0.1) is 16.8 Å². The minimum Gasteiger partial charge on any atom is -0.342 e. The van der Waals surface area contributed by atoms with Gasteiger partial charge in [-0.1, -0.05) is 49.4 Å². The first-order chi connectivity index (χ1) is 16.3. The number of allylic oxidation sites excluding steroid dienone is 1. The van der Waals surface area contributed by atoms with Gasteiger partial charge in [-0.2, -0.15) is 0 Å². The maximum atomic E-state index is 12.9. The normalized spacial score (nSPS) is 11.8. The lowest BCUT2D eigenvalue weighted by atomic mass is 10.0. The number of anilines is 1. The summed E-state index contributed by atoms with van der Waals surface area (Å²) in [6, 6.07) is 14.7. The van der Waals surface area contributed by atoms with E-state index < -0.39 is 0 Å². The van der Waals surface area contributed by atoms with Crippen molar-refractivity contribution in [2.45, 2.75) is 38.5 Å². The van der Waals surface area contributed by atoms with Gasteiger partial charge in [-0.05, 0) is 71.8 Å². The molecule has 1 heterocycles. The number of nitrogens with one attached hydrogen (secondary N) is 2. The van der Waals surface area contributed by atoms with Gasteiger partial charge < -0.3 is 15.2 Å². The van der Waals surface area contributed by atoms with E-state index in [0.717, 1.165) is 14.8 Å². The van der Waals surface area contributed by atoms with E-state index >= 15 is 0 Å². The van der Waals surface area contributed by atoms with Crippen LogP contribution in [0.1, 0.15) is 41.6 Å². The molecule has 0 fully saturated rings. The predicted molar refractivity (Wildman–Crippen MR) is 145 cm³/mol. The van der Waals surface area contributed by atoms with Crippen molar-refractivity contribution in [2.75, 3.05) is 11.1 Å². The van der Waals surface area contributed by atoms with Gasteiger partial charge in [0, 0.05) is 21.4 Å². The third-order valence-electron chi connectivity index (χ3n) is 5.03. The highest BCUT2D eigenvalue weighted by Crippen LogP contribution is 2.26. The van der Waals surface area contributed by atoms with Crippen LogP contribution in [-0.4, -0.2) is 32.3 Å². The second-order valence-corrected chi connectivity index (χ2v) is 10.3. The SMILES string of the molecule is C=CCn1c(SCC(=O)Nc2ccc(I)cc2)nnc1[C@H](NC(=O)c1cccc(C)c1)C(C)C. The fraction of sp³-hybridized carbons (Fsp3) is 0.280. The van der Waals surface area contributed by atoms with Crippen molar-refractivity contribution in [3.05, 3.63) is 81.7 Å². The summed E-state index contributed by atoms with van der Waals surface area (Å²) >= 11 is 3.52. The van der Waals surface area contributed by atoms with Crippen LogP contribution >= 0.6 is 34.4 Å². The molecule has 0 saturated carbocycles. The number of benzene rings is 2. The lowest BCUT2D eigenvalue weighted by Gasteiger charge is -2.22. The fourth-order valence-electron chi connectivity index (χ4n) is 3.34. The molecule has 0 aliphatic rings. The Labute approximate surface area is 218 Å². The Morgan fingerprint density at radius 3 is 2.56 bits per heavy atom. The first kappa shape index (κ1) is 26.0.